The van der Waals surface area contributed by atoms with E-state index in [-0.39, 0.29) is 27.9 Å². The van der Waals surface area contributed by atoms with Crippen LogP contribution in [-0.4, -0.2) is 7.25 Å². The van der Waals surface area contributed by atoms with Crippen LogP contribution in [-0.2, 0) is 17.1 Å². The Labute approximate surface area is 167 Å². The smallest absolute Gasteiger partial charge is 0.418 e. The van der Waals surface area contributed by atoms with Gasteiger partial charge in [-0.2, -0.15) is 22.3 Å². The van der Waals surface area contributed by atoms with Gasteiger partial charge >= 0.3 is 24.3 Å². The summed E-state index contributed by atoms with van der Waals surface area (Å²) in [5, 5.41) is 0. The van der Waals surface area contributed by atoms with Gasteiger partial charge in [0.1, 0.15) is 0 Å². The minimum absolute atomic E-state index is 0. The summed E-state index contributed by atoms with van der Waals surface area (Å²) in [5.74, 6) is 0. The van der Waals surface area contributed by atoms with Gasteiger partial charge in [0, 0.05) is 0 Å². The van der Waals surface area contributed by atoms with Crippen molar-refractivity contribution in [3.05, 3.63) is 45.6 Å². The van der Waals surface area contributed by atoms with Crippen LogP contribution in [0.4, 0.5) is 17.3 Å². The molecule has 2 aliphatic carbocycles. The van der Waals surface area contributed by atoms with Crippen molar-refractivity contribution in [3.8, 4) is 0 Å². The molecular weight excluding hydrogens is 383 g/mol. The molecule has 150 valence electrons. The van der Waals surface area contributed by atoms with Crippen molar-refractivity contribution in [3.63, 3.8) is 0 Å². The standard InChI is InChI=1S/2C10H15.BF4.Fe/c2*1-7-6-10(4,5)9(3)8(7)2;2-1(3,4)5;/h2*1-5H3;;/q3*-1;+2. The van der Waals surface area contributed by atoms with E-state index in [1.54, 1.807) is 0 Å². The first kappa shape index (κ1) is 27.5. The van der Waals surface area contributed by atoms with Gasteiger partial charge in [0.15, 0.2) is 0 Å². The fourth-order valence-corrected chi connectivity index (χ4v) is 2.81. The van der Waals surface area contributed by atoms with Crippen molar-refractivity contribution < 1.29 is 34.3 Å². The predicted octanol–water partition coefficient (Wildman–Crippen LogP) is 7.52. The van der Waals surface area contributed by atoms with Crippen molar-refractivity contribution in [2.24, 2.45) is 10.8 Å². The molecule has 0 saturated heterocycles. The molecule has 0 aliphatic heterocycles. The molecule has 0 heterocycles. The van der Waals surface area contributed by atoms with Crippen molar-refractivity contribution in [1.82, 2.24) is 0 Å². The molecule has 0 nitrogen and oxygen atoms in total. The first-order chi connectivity index (χ1) is 10.9. The van der Waals surface area contributed by atoms with Gasteiger partial charge in [0.2, 0.25) is 0 Å². The number of rotatable bonds is 0. The molecule has 6 heteroatoms. The van der Waals surface area contributed by atoms with Gasteiger partial charge in [-0.25, -0.2) is 11.1 Å². The van der Waals surface area contributed by atoms with E-state index in [1.165, 1.54) is 33.4 Å². The van der Waals surface area contributed by atoms with E-state index in [0.717, 1.165) is 0 Å². The van der Waals surface area contributed by atoms with Crippen LogP contribution in [0.25, 0.3) is 0 Å². The topological polar surface area (TPSA) is 0 Å². The van der Waals surface area contributed by atoms with Gasteiger partial charge in [0.25, 0.3) is 0 Å². The summed E-state index contributed by atoms with van der Waals surface area (Å²) in [7, 11) is -6.00. The van der Waals surface area contributed by atoms with E-state index >= 15 is 0 Å². The summed E-state index contributed by atoms with van der Waals surface area (Å²) in [6.07, 6.45) is 6.87. The SMILES string of the molecule is CC1=[C-]C(C)(C)C(C)=C1C.CC1=[C-]C(C)(C)C(C)=C1C.F[B-](F)(F)F.[Fe+2]. The number of hydrogen-bond donors (Lipinski definition) is 0. The molecule has 0 fully saturated rings. The third-order valence-corrected chi connectivity index (χ3v) is 5.12. The van der Waals surface area contributed by atoms with Crippen molar-refractivity contribution in [1.29, 1.82) is 0 Å². The molecule has 0 amide bonds. The van der Waals surface area contributed by atoms with Gasteiger partial charge in [-0.15, -0.1) is 13.8 Å². The molecule has 0 aromatic rings. The maximum absolute atomic E-state index is 9.75. The fourth-order valence-electron chi connectivity index (χ4n) is 2.81. The maximum atomic E-state index is 9.75. The van der Waals surface area contributed by atoms with Crippen LogP contribution in [0, 0.1) is 23.0 Å². The van der Waals surface area contributed by atoms with E-state index in [4.69, 9.17) is 0 Å². The summed E-state index contributed by atoms with van der Waals surface area (Å²) in [5.41, 5.74) is 8.79. The predicted molar refractivity (Wildman–Crippen MR) is 99.4 cm³/mol. The van der Waals surface area contributed by atoms with Gasteiger partial charge in [-0.05, 0) is 0 Å². The molecule has 0 radical (unpaired) electrons. The molecular formula is C20H30BF4Fe-. The van der Waals surface area contributed by atoms with Crippen LogP contribution in [0.2, 0.25) is 0 Å². The molecule has 2 rings (SSSR count). The van der Waals surface area contributed by atoms with Crippen LogP contribution < -0.4 is 0 Å². The first-order valence-corrected chi connectivity index (χ1v) is 8.37. The molecule has 0 atom stereocenters. The Kier molecular flexibility index (Phi) is 10.00. The summed E-state index contributed by atoms with van der Waals surface area (Å²) in [6, 6.07) is 0. The van der Waals surface area contributed by atoms with E-state index in [9.17, 15) is 17.3 Å². The van der Waals surface area contributed by atoms with Crippen LogP contribution in [0.15, 0.2) is 33.4 Å². The molecule has 0 N–H and O–H groups in total. The van der Waals surface area contributed by atoms with Gasteiger partial charge < -0.3 is 17.3 Å². The van der Waals surface area contributed by atoms with Crippen LogP contribution in [0.5, 0.6) is 0 Å². The number of hydrogen-bond acceptors (Lipinski definition) is 0. The molecule has 0 aromatic carbocycles. The largest absolute Gasteiger partial charge is 2.00 e. The minimum atomic E-state index is -6.00. The van der Waals surface area contributed by atoms with E-state index in [1.807, 2.05) is 0 Å². The Morgan fingerprint density at radius 1 is 0.615 bits per heavy atom. The van der Waals surface area contributed by atoms with Crippen molar-refractivity contribution in [2.75, 3.05) is 0 Å². The van der Waals surface area contributed by atoms with Crippen LogP contribution in [0.3, 0.4) is 0 Å². The summed E-state index contributed by atoms with van der Waals surface area (Å²) in [4.78, 5) is 0. The molecule has 2 aliphatic rings. The third kappa shape index (κ3) is 8.30. The molecule has 0 unspecified atom stereocenters. The second-order valence-corrected chi connectivity index (χ2v) is 7.74. The number of halogens is 4. The fraction of sp³-hybridized carbons (Fsp3) is 0.600. The van der Waals surface area contributed by atoms with Gasteiger partial charge in [-0.1, -0.05) is 66.2 Å². The van der Waals surface area contributed by atoms with Crippen molar-refractivity contribution >= 4 is 7.25 Å². The zero-order valence-electron chi connectivity index (χ0n) is 17.4. The molecule has 0 spiro atoms. The number of allylic oxidation sites excluding steroid dienone is 8. The molecule has 0 aromatic heterocycles. The second kappa shape index (κ2) is 9.46. The average Bonchev–Trinajstić information content (AvgIpc) is 2.68. The monoisotopic (exact) mass is 413 g/mol. The Morgan fingerprint density at radius 2 is 0.808 bits per heavy atom. The zero-order chi connectivity index (χ0) is 20.4. The quantitative estimate of drug-likeness (QED) is 0.219. The first-order valence-electron chi connectivity index (χ1n) is 8.37. The molecule has 26 heavy (non-hydrogen) atoms. The summed E-state index contributed by atoms with van der Waals surface area (Å²) in [6.45, 7) is 21.8. The zero-order valence-corrected chi connectivity index (χ0v) is 18.5. The Morgan fingerprint density at radius 3 is 0.846 bits per heavy atom. The van der Waals surface area contributed by atoms with Gasteiger partial charge in [0.05, 0.1) is 0 Å². The summed E-state index contributed by atoms with van der Waals surface area (Å²) < 4.78 is 39.0. The molecule has 0 saturated carbocycles. The Balaban J connectivity index is 0. The van der Waals surface area contributed by atoms with E-state index in [2.05, 4.69) is 81.4 Å². The minimum Gasteiger partial charge on any atom is -0.418 e. The third-order valence-electron chi connectivity index (χ3n) is 5.12. The van der Waals surface area contributed by atoms with Gasteiger partial charge in [-0.3, -0.25) is 12.2 Å². The van der Waals surface area contributed by atoms with E-state index in [0.29, 0.717) is 0 Å². The normalized spacial score (nSPS) is 20.4. The van der Waals surface area contributed by atoms with Crippen LogP contribution >= 0.6 is 0 Å². The van der Waals surface area contributed by atoms with Crippen molar-refractivity contribution in [2.45, 2.75) is 69.2 Å². The van der Waals surface area contributed by atoms with Crippen LogP contribution in [0.1, 0.15) is 69.2 Å². The Bertz CT molecular complexity index is 577. The van der Waals surface area contributed by atoms with E-state index < -0.39 is 7.25 Å². The Hall–Kier alpha value is -0.736. The summed E-state index contributed by atoms with van der Waals surface area (Å²) >= 11 is 0. The average molecular weight is 413 g/mol. The second-order valence-electron chi connectivity index (χ2n) is 7.74. The molecule has 0 bridgehead atoms. The maximum Gasteiger partial charge on any atom is 2.00 e.